The second-order valence-corrected chi connectivity index (χ2v) is 7.00. The molecule has 0 fully saturated rings. The van der Waals surface area contributed by atoms with E-state index in [2.05, 4.69) is 24.9 Å². The lowest BCUT2D eigenvalue weighted by atomic mass is 10.0. The number of fused-ring (bicyclic) bond motifs is 1. The zero-order valence-corrected chi connectivity index (χ0v) is 15.7. The van der Waals surface area contributed by atoms with Crippen molar-refractivity contribution >= 4 is 22.5 Å². The highest BCUT2D eigenvalue weighted by atomic mass is 16.2. The van der Waals surface area contributed by atoms with Crippen molar-refractivity contribution in [3.05, 3.63) is 60.8 Å². The molecule has 27 heavy (non-hydrogen) atoms. The van der Waals surface area contributed by atoms with E-state index in [-0.39, 0.29) is 12.5 Å². The number of aromatic nitrogens is 1. The molecule has 0 saturated heterocycles. The van der Waals surface area contributed by atoms with E-state index in [1.807, 2.05) is 54.6 Å². The van der Waals surface area contributed by atoms with Crippen molar-refractivity contribution in [2.75, 3.05) is 11.4 Å². The first-order valence-electron chi connectivity index (χ1n) is 9.21. The Labute approximate surface area is 160 Å². The van der Waals surface area contributed by atoms with Crippen LogP contribution in [0, 0.1) is 17.2 Å². The number of amides is 1. The predicted molar refractivity (Wildman–Crippen MR) is 109 cm³/mol. The van der Waals surface area contributed by atoms with Crippen molar-refractivity contribution < 1.29 is 4.79 Å². The summed E-state index contributed by atoms with van der Waals surface area (Å²) in [4.78, 5) is 18.8. The van der Waals surface area contributed by atoms with Crippen molar-refractivity contribution in [3.63, 3.8) is 0 Å². The minimum absolute atomic E-state index is 0.0153. The van der Waals surface area contributed by atoms with Gasteiger partial charge in [0.05, 0.1) is 11.6 Å². The molecule has 0 spiro atoms. The SMILES string of the molecule is CC(C)CCC(=O)N(CC#N)c1cccc(-c2cccc3cccnc23)c1. The van der Waals surface area contributed by atoms with Gasteiger partial charge in [-0.15, -0.1) is 0 Å². The van der Waals surface area contributed by atoms with Crippen LogP contribution in [0.2, 0.25) is 0 Å². The summed E-state index contributed by atoms with van der Waals surface area (Å²) in [5, 5.41) is 10.3. The van der Waals surface area contributed by atoms with Crippen LogP contribution >= 0.6 is 0 Å². The fourth-order valence-electron chi connectivity index (χ4n) is 3.12. The second-order valence-electron chi connectivity index (χ2n) is 7.00. The summed E-state index contributed by atoms with van der Waals surface area (Å²) in [7, 11) is 0. The Balaban J connectivity index is 1.98. The van der Waals surface area contributed by atoms with Gasteiger partial charge in [0.15, 0.2) is 0 Å². The highest BCUT2D eigenvalue weighted by molar-refractivity contribution is 5.97. The highest BCUT2D eigenvalue weighted by Crippen LogP contribution is 2.30. The number of rotatable bonds is 6. The van der Waals surface area contributed by atoms with Gasteiger partial charge >= 0.3 is 0 Å². The minimum atomic E-state index is -0.0153. The summed E-state index contributed by atoms with van der Waals surface area (Å²) in [6.07, 6.45) is 3.04. The molecule has 0 atom stereocenters. The average Bonchev–Trinajstić information content (AvgIpc) is 2.70. The van der Waals surface area contributed by atoms with Crippen molar-refractivity contribution in [2.45, 2.75) is 26.7 Å². The molecule has 0 aliphatic rings. The van der Waals surface area contributed by atoms with Gasteiger partial charge in [-0.25, -0.2) is 0 Å². The summed E-state index contributed by atoms with van der Waals surface area (Å²) in [5.74, 6) is 0.435. The maximum Gasteiger partial charge on any atom is 0.227 e. The first-order valence-corrected chi connectivity index (χ1v) is 9.21. The summed E-state index contributed by atoms with van der Waals surface area (Å²) in [6, 6.07) is 19.9. The molecule has 3 rings (SSSR count). The lowest BCUT2D eigenvalue weighted by Crippen LogP contribution is -2.31. The number of nitrogens with zero attached hydrogens (tertiary/aromatic N) is 3. The number of pyridine rings is 1. The first kappa shape index (κ1) is 18.6. The number of carbonyl (C=O) groups is 1. The molecule has 136 valence electrons. The van der Waals surface area contributed by atoms with Gasteiger partial charge in [-0.1, -0.05) is 50.2 Å². The lowest BCUT2D eigenvalue weighted by Gasteiger charge is -2.21. The molecule has 4 nitrogen and oxygen atoms in total. The van der Waals surface area contributed by atoms with Gasteiger partial charge in [0.1, 0.15) is 6.54 Å². The largest absolute Gasteiger partial charge is 0.299 e. The van der Waals surface area contributed by atoms with Crippen molar-refractivity contribution in [1.29, 1.82) is 5.26 Å². The number of benzene rings is 2. The van der Waals surface area contributed by atoms with Crippen LogP contribution in [0.25, 0.3) is 22.0 Å². The van der Waals surface area contributed by atoms with Crippen LogP contribution in [-0.4, -0.2) is 17.4 Å². The molecule has 1 amide bonds. The quantitative estimate of drug-likeness (QED) is 0.570. The molecule has 0 saturated carbocycles. The molecule has 3 aromatic rings. The van der Waals surface area contributed by atoms with Gasteiger partial charge in [0.25, 0.3) is 0 Å². The molecule has 0 bridgehead atoms. The molecule has 0 radical (unpaired) electrons. The number of hydrogen-bond donors (Lipinski definition) is 0. The van der Waals surface area contributed by atoms with Crippen LogP contribution in [-0.2, 0) is 4.79 Å². The Morgan fingerprint density at radius 2 is 1.93 bits per heavy atom. The minimum Gasteiger partial charge on any atom is -0.299 e. The van der Waals surface area contributed by atoms with E-state index in [1.165, 1.54) is 0 Å². The second kappa shape index (κ2) is 8.46. The maximum absolute atomic E-state index is 12.7. The molecular formula is C23H23N3O. The molecule has 4 heteroatoms. The molecule has 1 heterocycles. The standard InChI is InChI=1S/C23H23N3O/c1-17(2)11-12-22(27)26(15-13-24)20-9-3-7-19(16-20)21-10-4-6-18-8-5-14-25-23(18)21/h3-10,14,16-17H,11-12,15H2,1-2H3. The molecular weight excluding hydrogens is 334 g/mol. The van der Waals surface area contributed by atoms with Crippen molar-refractivity contribution in [1.82, 2.24) is 4.98 Å². The van der Waals surface area contributed by atoms with Gasteiger partial charge < -0.3 is 0 Å². The van der Waals surface area contributed by atoms with E-state index >= 15 is 0 Å². The number of anilines is 1. The Morgan fingerprint density at radius 3 is 2.70 bits per heavy atom. The highest BCUT2D eigenvalue weighted by Gasteiger charge is 2.17. The fraction of sp³-hybridized carbons (Fsp3) is 0.261. The van der Waals surface area contributed by atoms with E-state index in [9.17, 15) is 10.1 Å². The molecule has 2 aromatic carbocycles. The van der Waals surface area contributed by atoms with E-state index < -0.39 is 0 Å². The van der Waals surface area contributed by atoms with Crippen LogP contribution in [0.1, 0.15) is 26.7 Å². The smallest absolute Gasteiger partial charge is 0.227 e. The van der Waals surface area contributed by atoms with E-state index in [1.54, 1.807) is 11.1 Å². The predicted octanol–water partition coefficient (Wildman–Crippen LogP) is 5.19. The monoisotopic (exact) mass is 357 g/mol. The van der Waals surface area contributed by atoms with Crippen LogP contribution < -0.4 is 4.90 Å². The van der Waals surface area contributed by atoms with Crippen LogP contribution in [0.3, 0.4) is 0 Å². The molecule has 0 aliphatic heterocycles. The Kier molecular flexibility index (Phi) is 5.83. The lowest BCUT2D eigenvalue weighted by molar-refractivity contribution is -0.118. The number of hydrogen-bond acceptors (Lipinski definition) is 3. The summed E-state index contributed by atoms with van der Waals surface area (Å²) in [5.41, 5.74) is 3.67. The molecule has 1 aromatic heterocycles. The van der Waals surface area contributed by atoms with Gasteiger partial charge in [-0.2, -0.15) is 5.26 Å². The van der Waals surface area contributed by atoms with Crippen LogP contribution in [0.5, 0.6) is 0 Å². The fourth-order valence-corrected chi connectivity index (χ4v) is 3.12. The molecule has 0 unspecified atom stereocenters. The van der Waals surface area contributed by atoms with E-state index in [0.29, 0.717) is 12.3 Å². The molecule has 0 aliphatic carbocycles. The Bertz CT molecular complexity index is 983. The topological polar surface area (TPSA) is 57.0 Å². The van der Waals surface area contributed by atoms with Gasteiger partial charge in [-0.3, -0.25) is 14.7 Å². The van der Waals surface area contributed by atoms with Gasteiger partial charge in [-0.05, 0) is 36.1 Å². The zero-order valence-electron chi connectivity index (χ0n) is 15.7. The number of para-hydroxylation sites is 1. The van der Waals surface area contributed by atoms with Crippen molar-refractivity contribution in [2.24, 2.45) is 5.92 Å². The Hall–Kier alpha value is -3.19. The zero-order chi connectivity index (χ0) is 19.2. The summed E-state index contributed by atoms with van der Waals surface area (Å²) in [6.45, 7) is 4.24. The summed E-state index contributed by atoms with van der Waals surface area (Å²) < 4.78 is 0. The van der Waals surface area contributed by atoms with Crippen LogP contribution in [0.15, 0.2) is 60.8 Å². The van der Waals surface area contributed by atoms with E-state index in [4.69, 9.17) is 0 Å². The third-order valence-corrected chi connectivity index (χ3v) is 4.57. The third-order valence-electron chi connectivity index (χ3n) is 4.57. The normalized spacial score (nSPS) is 10.7. The maximum atomic E-state index is 12.7. The summed E-state index contributed by atoms with van der Waals surface area (Å²) >= 11 is 0. The average molecular weight is 357 g/mol. The first-order chi connectivity index (χ1) is 13.1. The number of carbonyl (C=O) groups excluding carboxylic acids is 1. The number of nitriles is 1. The Morgan fingerprint density at radius 1 is 1.15 bits per heavy atom. The van der Waals surface area contributed by atoms with Gasteiger partial charge in [0.2, 0.25) is 5.91 Å². The van der Waals surface area contributed by atoms with Gasteiger partial charge in [0, 0.05) is 29.3 Å². The third kappa shape index (κ3) is 4.32. The molecule has 0 N–H and O–H groups in total. The van der Waals surface area contributed by atoms with Crippen molar-refractivity contribution in [3.8, 4) is 17.2 Å². The van der Waals surface area contributed by atoms with Crippen LogP contribution in [0.4, 0.5) is 5.69 Å². The van der Waals surface area contributed by atoms with E-state index in [0.717, 1.165) is 34.1 Å².